The highest BCUT2D eigenvalue weighted by Gasteiger charge is 2.35. The molecule has 2 aliphatic rings. The van der Waals surface area contributed by atoms with E-state index in [1.54, 1.807) is 0 Å². The summed E-state index contributed by atoms with van der Waals surface area (Å²) in [5.41, 5.74) is 1.56. The first kappa shape index (κ1) is 22.1. The number of carbonyl (C=O) groups is 1. The molecule has 0 spiro atoms. The number of amides is 1. The average Bonchev–Trinajstić information content (AvgIpc) is 2.90. The van der Waals surface area contributed by atoms with Crippen LogP contribution >= 0.6 is 0 Å². The summed E-state index contributed by atoms with van der Waals surface area (Å²) < 4.78 is 5.93. The van der Waals surface area contributed by atoms with Gasteiger partial charge in [-0.05, 0) is 96.1 Å². The van der Waals surface area contributed by atoms with E-state index in [0.717, 1.165) is 44.6 Å². The number of nitrogens with zero attached hydrogens (tertiary/aromatic N) is 2. The fourth-order valence-electron chi connectivity index (χ4n) is 4.49. The van der Waals surface area contributed by atoms with Crippen molar-refractivity contribution in [1.82, 2.24) is 9.80 Å². The predicted molar refractivity (Wildman–Crippen MR) is 116 cm³/mol. The van der Waals surface area contributed by atoms with Gasteiger partial charge in [-0.3, -0.25) is 4.79 Å². The molecule has 0 bridgehead atoms. The van der Waals surface area contributed by atoms with E-state index < -0.39 is 5.60 Å². The van der Waals surface area contributed by atoms with Gasteiger partial charge in [-0.1, -0.05) is 6.07 Å². The van der Waals surface area contributed by atoms with E-state index >= 15 is 0 Å². The maximum absolute atomic E-state index is 13.0. The molecule has 3 rings (SSSR count). The molecule has 0 aliphatic carbocycles. The lowest BCUT2D eigenvalue weighted by molar-refractivity contribution is -0.137. The Kier molecular flexibility index (Phi) is 7.23. The standard InChI is InChI=1S/C24H38N2O3/c1-18(2)25-13-8-21(9-14-25)23(27)26-12-5-10-24(28,11-15-26)17-29-22-7-6-19(3)20(4)16-22/h6-7,16,18,21,28H,5,8-15,17H2,1-4H3. The predicted octanol–water partition coefficient (Wildman–Crippen LogP) is 3.55. The van der Waals surface area contributed by atoms with Crippen molar-refractivity contribution < 1.29 is 14.6 Å². The third-order valence-corrected chi connectivity index (χ3v) is 6.82. The smallest absolute Gasteiger partial charge is 0.225 e. The van der Waals surface area contributed by atoms with Gasteiger partial charge in [-0.15, -0.1) is 0 Å². The molecule has 0 saturated carbocycles. The highest BCUT2D eigenvalue weighted by molar-refractivity contribution is 5.79. The first-order valence-electron chi connectivity index (χ1n) is 11.2. The quantitative estimate of drug-likeness (QED) is 0.818. The third kappa shape index (κ3) is 5.73. The Bertz CT molecular complexity index is 697. The lowest BCUT2D eigenvalue weighted by atomic mass is 9.94. The Morgan fingerprint density at radius 2 is 1.86 bits per heavy atom. The zero-order valence-corrected chi connectivity index (χ0v) is 18.6. The number of carbonyl (C=O) groups excluding carboxylic acids is 1. The highest BCUT2D eigenvalue weighted by Crippen LogP contribution is 2.27. The Hall–Kier alpha value is -1.59. The second-order valence-electron chi connectivity index (χ2n) is 9.34. The van der Waals surface area contributed by atoms with Gasteiger partial charge in [0.15, 0.2) is 0 Å². The molecule has 0 aromatic heterocycles. The van der Waals surface area contributed by atoms with Gasteiger partial charge in [-0.2, -0.15) is 0 Å². The molecule has 1 N–H and O–H groups in total. The summed E-state index contributed by atoms with van der Waals surface area (Å²) in [4.78, 5) is 17.5. The minimum atomic E-state index is -0.866. The Morgan fingerprint density at radius 1 is 1.14 bits per heavy atom. The van der Waals surface area contributed by atoms with Crippen molar-refractivity contribution in [3.05, 3.63) is 29.3 Å². The second kappa shape index (κ2) is 9.48. The average molecular weight is 403 g/mol. The van der Waals surface area contributed by atoms with E-state index in [2.05, 4.69) is 32.6 Å². The van der Waals surface area contributed by atoms with Crippen molar-refractivity contribution >= 4 is 5.91 Å². The van der Waals surface area contributed by atoms with Crippen LogP contribution in [0, 0.1) is 19.8 Å². The van der Waals surface area contributed by atoms with Crippen LogP contribution in [0.25, 0.3) is 0 Å². The van der Waals surface area contributed by atoms with E-state index in [1.807, 2.05) is 23.1 Å². The van der Waals surface area contributed by atoms with Gasteiger partial charge in [0.25, 0.3) is 0 Å². The number of aryl methyl sites for hydroxylation is 2. The van der Waals surface area contributed by atoms with Gasteiger partial charge in [0.1, 0.15) is 18.0 Å². The monoisotopic (exact) mass is 402 g/mol. The number of ether oxygens (including phenoxy) is 1. The van der Waals surface area contributed by atoms with Crippen molar-refractivity contribution in [3.63, 3.8) is 0 Å². The second-order valence-corrected chi connectivity index (χ2v) is 9.34. The van der Waals surface area contributed by atoms with Crippen molar-refractivity contribution in [3.8, 4) is 5.75 Å². The van der Waals surface area contributed by atoms with Crippen LogP contribution in [0.5, 0.6) is 5.75 Å². The van der Waals surface area contributed by atoms with Crippen LogP contribution < -0.4 is 4.74 Å². The van der Waals surface area contributed by atoms with Crippen molar-refractivity contribution in [2.75, 3.05) is 32.8 Å². The van der Waals surface area contributed by atoms with Crippen LogP contribution in [0.1, 0.15) is 57.1 Å². The zero-order valence-electron chi connectivity index (χ0n) is 18.6. The molecule has 2 fully saturated rings. The summed E-state index contributed by atoms with van der Waals surface area (Å²) in [6.07, 6.45) is 3.98. The molecule has 1 unspecified atom stereocenters. The molecule has 29 heavy (non-hydrogen) atoms. The van der Waals surface area contributed by atoms with Gasteiger partial charge >= 0.3 is 0 Å². The molecule has 2 saturated heterocycles. The molecule has 0 radical (unpaired) electrons. The molecule has 2 heterocycles. The number of rotatable bonds is 5. The number of likely N-dealkylation sites (tertiary alicyclic amines) is 2. The summed E-state index contributed by atoms with van der Waals surface area (Å²) in [5.74, 6) is 1.23. The summed E-state index contributed by atoms with van der Waals surface area (Å²) in [6, 6.07) is 6.58. The molecule has 1 aromatic rings. The number of aliphatic hydroxyl groups is 1. The SMILES string of the molecule is Cc1ccc(OCC2(O)CCCN(C(=O)C3CCN(C(C)C)CC3)CC2)cc1C. The summed E-state index contributed by atoms with van der Waals surface area (Å²) >= 11 is 0. The maximum Gasteiger partial charge on any atom is 0.225 e. The summed E-state index contributed by atoms with van der Waals surface area (Å²) in [7, 11) is 0. The minimum Gasteiger partial charge on any atom is -0.491 e. The number of hydrogen-bond donors (Lipinski definition) is 1. The summed E-state index contributed by atoms with van der Waals surface area (Å²) in [6.45, 7) is 12.3. The lowest BCUT2D eigenvalue weighted by Gasteiger charge is -2.36. The molecule has 5 heteroatoms. The molecule has 1 atom stereocenters. The number of piperidine rings is 1. The Morgan fingerprint density at radius 3 is 2.52 bits per heavy atom. The van der Waals surface area contributed by atoms with Gasteiger partial charge in [-0.25, -0.2) is 0 Å². The lowest BCUT2D eigenvalue weighted by Crippen LogP contribution is -2.45. The van der Waals surface area contributed by atoms with Crippen LogP contribution in [-0.2, 0) is 4.79 Å². The van der Waals surface area contributed by atoms with E-state index in [9.17, 15) is 9.90 Å². The van der Waals surface area contributed by atoms with Gasteiger partial charge in [0.2, 0.25) is 5.91 Å². The number of benzene rings is 1. The van der Waals surface area contributed by atoms with Crippen molar-refractivity contribution in [2.24, 2.45) is 5.92 Å². The van der Waals surface area contributed by atoms with Crippen molar-refractivity contribution in [2.45, 2.75) is 71.4 Å². The van der Waals surface area contributed by atoms with Crippen LogP contribution in [0.15, 0.2) is 18.2 Å². The maximum atomic E-state index is 13.0. The molecule has 2 aliphatic heterocycles. The van der Waals surface area contributed by atoms with Crippen LogP contribution in [0.3, 0.4) is 0 Å². The van der Waals surface area contributed by atoms with Crippen LogP contribution in [0.2, 0.25) is 0 Å². The fourth-order valence-corrected chi connectivity index (χ4v) is 4.49. The zero-order chi connectivity index (χ0) is 21.0. The summed E-state index contributed by atoms with van der Waals surface area (Å²) in [5, 5.41) is 11.1. The molecule has 1 amide bonds. The van der Waals surface area contributed by atoms with Crippen LogP contribution in [-0.4, -0.2) is 65.2 Å². The molecule has 5 nitrogen and oxygen atoms in total. The normalized spacial score (nSPS) is 24.6. The van der Waals surface area contributed by atoms with Gasteiger partial charge < -0.3 is 19.6 Å². The third-order valence-electron chi connectivity index (χ3n) is 6.82. The minimum absolute atomic E-state index is 0.142. The molecular weight excluding hydrogens is 364 g/mol. The van der Waals surface area contributed by atoms with Gasteiger partial charge in [0.05, 0.1) is 0 Å². The first-order valence-corrected chi connectivity index (χ1v) is 11.2. The fraction of sp³-hybridized carbons (Fsp3) is 0.708. The van der Waals surface area contributed by atoms with E-state index in [1.165, 1.54) is 11.1 Å². The van der Waals surface area contributed by atoms with Crippen LogP contribution in [0.4, 0.5) is 0 Å². The first-order chi connectivity index (χ1) is 13.8. The van der Waals surface area contributed by atoms with E-state index in [4.69, 9.17) is 4.74 Å². The largest absolute Gasteiger partial charge is 0.491 e. The molecular formula is C24H38N2O3. The Balaban J connectivity index is 1.51. The Labute approximate surface area is 176 Å². The number of hydrogen-bond acceptors (Lipinski definition) is 4. The topological polar surface area (TPSA) is 53.0 Å². The van der Waals surface area contributed by atoms with Gasteiger partial charge in [0, 0.05) is 25.0 Å². The molecule has 162 valence electrons. The van der Waals surface area contributed by atoms with E-state index in [-0.39, 0.29) is 18.4 Å². The molecule has 1 aromatic carbocycles. The van der Waals surface area contributed by atoms with Crippen molar-refractivity contribution in [1.29, 1.82) is 0 Å². The van der Waals surface area contributed by atoms with E-state index in [0.29, 0.717) is 25.4 Å². The highest BCUT2D eigenvalue weighted by atomic mass is 16.5.